The molecule has 0 unspecified atom stereocenters. The molecular formula is C22H27F3N4O3S. The van der Waals surface area contributed by atoms with Gasteiger partial charge < -0.3 is 4.90 Å². The molecule has 33 heavy (non-hydrogen) atoms. The lowest BCUT2D eigenvalue weighted by Gasteiger charge is -2.56. The molecule has 2 heterocycles. The minimum atomic E-state index is -4.94. The average molecular weight is 485 g/mol. The molecular weight excluding hydrogens is 457 g/mol. The van der Waals surface area contributed by atoms with Crippen LogP contribution in [0.1, 0.15) is 37.2 Å². The molecule has 1 saturated carbocycles. The molecule has 1 aromatic carbocycles. The molecule has 7 nitrogen and oxygen atoms in total. The predicted molar refractivity (Wildman–Crippen MR) is 114 cm³/mol. The number of rotatable bonds is 6. The second kappa shape index (κ2) is 8.56. The topological polar surface area (TPSA) is 84.7 Å². The highest BCUT2D eigenvalue weighted by Gasteiger charge is 2.56. The second-order valence-corrected chi connectivity index (χ2v) is 11.3. The number of hydrogen-bond donors (Lipinski definition) is 0. The molecule has 3 aliphatic rings. The van der Waals surface area contributed by atoms with Crippen LogP contribution in [0.25, 0.3) is 0 Å². The van der Waals surface area contributed by atoms with E-state index in [1.807, 2.05) is 35.2 Å². The van der Waals surface area contributed by atoms with Crippen molar-refractivity contribution in [2.24, 2.45) is 0 Å². The van der Waals surface area contributed by atoms with Gasteiger partial charge in [0, 0.05) is 44.2 Å². The lowest BCUT2D eigenvalue weighted by molar-refractivity contribution is -0.190. The van der Waals surface area contributed by atoms with Crippen molar-refractivity contribution in [3.05, 3.63) is 35.9 Å². The van der Waals surface area contributed by atoms with Crippen molar-refractivity contribution in [1.29, 1.82) is 5.26 Å². The van der Waals surface area contributed by atoms with Gasteiger partial charge in [-0.25, -0.2) is 8.42 Å². The second-order valence-electron chi connectivity index (χ2n) is 9.34. The fraction of sp³-hybridized carbons (Fsp3) is 0.636. The highest BCUT2D eigenvalue weighted by molar-refractivity contribution is 7.88. The molecule has 180 valence electrons. The number of benzene rings is 1. The van der Waals surface area contributed by atoms with Gasteiger partial charge in [0.1, 0.15) is 0 Å². The van der Waals surface area contributed by atoms with E-state index in [1.54, 1.807) is 0 Å². The van der Waals surface area contributed by atoms with E-state index in [4.69, 9.17) is 0 Å². The van der Waals surface area contributed by atoms with Crippen molar-refractivity contribution in [2.45, 2.75) is 55.4 Å². The third kappa shape index (κ3) is 4.74. The Labute approximate surface area is 191 Å². The van der Waals surface area contributed by atoms with Gasteiger partial charge in [-0.05, 0) is 24.8 Å². The number of hydrogen-bond acceptors (Lipinski definition) is 5. The molecule has 0 bridgehead atoms. The third-order valence-corrected chi connectivity index (χ3v) is 8.36. The first-order chi connectivity index (χ1) is 15.5. The average Bonchev–Trinajstić information content (AvgIpc) is 3.51. The molecule has 2 aliphatic heterocycles. The number of halogens is 3. The van der Waals surface area contributed by atoms with Gasteiger partial charge in [0.2, 0.25) is 10.0 Å². The number of carbonyl (C=O) groups excluding carboxylic acids is 1. The maximum Gasteiger partial charge on any atom is 0.471 e. The summed E-state index contributed by atoms with van der Waals surface area (Å²) in [5.74, 6) is -1.89. The van der Waals surface area contributed by atoms with Gasteiger partial charge in [-0.1, -0.05) is 30.3 Å². The van der Waals surface area contributed by atoms with Crippen molar-refractivity contribution < 1.29 is 26.4 Å². The van der Waals surface area contributed by atoms with Crippen molar-refractivity contribution >= 4 is 15.9 Å². The summed E-state index contributed by atoms with van der Waals surface area (Å²) in [7, 11) is -3.36. The minimum Gasteiger partial charge on any atom is -0.328 e. The molecule has 1 aromatic rings. The van der Waals surface area contributed by atoms with E-state index in [1.165, 1.54) is 4.31 Å². The zero-order valence-corrected chi connectivity index (χ0v) is 19.1. The molecule has 2 saturated heterocycles. The van der Waals surface area contributed by atoms with Crippen LogP contribution in [0.4, 0.5) is 13.2 Å². The minimum absolute atomic E-state index is 0.101. The van der Waals surface area contributed by atoms with Crippen LogP contribution in [-0.4, -0.2) is 84.7 Å². The Morgan fingerprint density at radius 3 is 2.33 bits per heavy atom. The quantitative estimate of drug-likeness (QED) is 0.619. The summed E-state index contributed by atoms with van der Waals surface area (Å²) in [5.41, 5.74) is 0.316. The van der Waals surface area contributed by atoms with E-state index in [2.05, 4.69) is 6.07 Å². The normalized spacial score (nSPS) is 26.3. The molecule has 11 heteroatoms. The van der Waals surface area contributed by atoms with Crippen LogP contribution in [0, 0.1) is 11.3 Å². The Morgan fingerprint density at radius 2 is 1.82 bits per heavy atom. The summed E-state index contributed by atoms with van der Waals surface area (Å²) < 4.78 is 65.3. The number of amides is 1. The van der Waals surface area contributed by atoms with Gasteiger partial charge in [-0.15, -0.1) is 0 Å². The smallest absolute Gasteiger partial charge is 0.328 e. The first-order valence-electron chi connectivity index (χ1n) is 11.0. The van der Waals surface area contributed by atoms with Crippen LogP contribution in [0.15, 0.2) is 30.3 Å². The Hall–Kier alpha value is -2.16. The number of alkyl halides is 3. The van der Waals surface area contributed by atoms with E-state index in [-0.39, 0.29) is 25.4 Å². The Bertz CT molecular complexity index is 1030. The highest BCUT2D eigenvalue weighted by atomic mass is 32.2. The maximum absolute atomic E-state index is 13.5. The molecule has 2 atom stereocenters. The van der Waals surface area contributed by atoms with Crippen LogP contribution in [0.2, 0.25) is 0 Å². The molecule has 0 N–H and O–H groups in total. The van der Waals surface area contributed by atoms with Crippen molar-refractivity contribution in [3.63, 3.8) is 0 Å². The van der Waals surface area contributed by atoms with Crippen molar-refractivity contribution in [1.82, 2.24) is 14.1 Å². The number of nitriles is 1. The maximum atomic E-state index is 13.5. The highest BCUT2D eigenvalue weighted by Crippen LogP contribution is 2.48. The molecule has 4 rings (SSSR count). The summed E-state index contributed by atoms with van der Waals surface area (Å²) in [6, 6.07) is 10.4. The van der Waals surface area contributed by atoms with Gasteiger partial charge in [0.05, 0.1) is 24.3 Å². The Balaban J connectivity index is 1.46. The largest absolute Gasteiger partial charge is 0.471 e. The van der Waals surface area contributed by atoms with E-state index in [0.717, 1.165) is 16.7 Å². The van der Waals surface area contributed by atoms with Gasteiger partial charge in [-0.3, -0.25) is 9.69 Å². The summed E-state index contributed by atoms with van der Waals surface area (Å²) >= 11 is 0. The summed E-state index contributed by atoms with van der Waals surface area (Å²) in [6.07, 6.45) is -2.46. The SMILES string of the molecule is CS(=O)(=O)N1CC(CC#N)(N2CCC(N(C(=O)C(F)(F)F)[C@@H]3C[C@@H]3c3ccccc3)CC2)C1. The number of likely N-dealkylation sites (tertiary alicyclic amines) is 1. The first-order valence-corrected chi connectivity index (χ1v) is 12.8. The Morgan fingerprint density at radius 1 is 1.21 bits per heavy atom. The van der Waals surface area contributed by atoms with E-state index >= 15 is 0 Å². The van der Waals surface area contributed by atoms with Crippen LogP contribution in [0.3, 0.4) is 0 Å². The van der Waals surface area contributed by atoms with Crippen LogP contribution >= 0.6 is 0 Å². The number of nitrogens with zero attached hydrogens (tertiary/aromatic N) is 4. The molecule has 0 aromatic heterocycles. The van der Waals surface area contributed by atoms with Gasteiger partial charge in [-0.2, -0.15) is 22.7 Å². The van der Waals surface area contributed by atoms with E-state index < -0.39 is 39.7 Å². The zero-order chi connectivity index (χ0) is 24.0. The van der Waals surface area contributed by atoms with Crippen molar-refractivity contribution in [3.8, 4) is 6.07 Å². The molecule has 1 amide bonds. The predicted octanol–water partition coefficient (Wildman–Crippen LogP) is 2.33. The number of piperidine rings is 1. The molecule has 0 spiro atoms. The van der Waals surface area contributed by atoms with Gasteiger partial charge in [0.15, 0.2) is 0 Å². The fourth-order valence-electron chi connectivity index (χ4n) is 5.31. The monoisotopic (exact) mass is 484 g/mol. The summed E-state index contributed by atoms with van der Waals surface area (Å²) in [4.78, 5) is 15.5. The van der Waals surface area contributed by atoms with Gasteiger partial charge in [0.25, 0.3) is 0 Å². The third-order valence-electron chi connectivity index (χ3n) is 7.17. The van der Waals surface area contributed by atoms with E-state index in [9.17, 15) is 31.6 Å². The molecule has 3 fully saturated rings. The lowest BCUT2D eigenvalue weighted by atomic mass is 9.84. The standard InChI is InChI=1S/C22H27F3N4O3S/c1-33(31,32)28-14-21(15-28,9-10-26)27-11-7-17(8-12-27)29(20(30)22(23,24)25)19-13-18(19)16-5-3-2-4-6-16/h2-6,17-19H,7-9,11-15H2,1H3/t18-,19-/m1/s1. The number of sulfonamides is 1. The van der Waals surface area contributed by atoms with Gasteiger partial charge >= 0.3 is 12.1 Å². The summed E-state index contributed by atoms with van der Waals surface area (Å²) in [6.45, 7) is 1.23. The summed E-state index contributed by atoms with van der Waals surface area (Å²) in [5, 5.41) is 9.29. The van der Waals surface area contributed by atoms with Crippen LogP contribution in [-0.2, 0) is 14.8 Å². The Kier molecular flexibility index (Phi) is 6.22. The fourth-order valence-corrected chi connectivity index (χ4v) is 6.26. The van der Waals surface area contributed by atoms with Crippen LogP contribution < -0.4 is 0 Å². The zero-order valence-electron chi connectivity index (χ0n) is 18.3. The van der Waals surface area contributed by atoms with Crippen molar-refractivity contribution in [2.75, 3.05) is 32.4 Å². The lowest BCUT2D eigenvalue weighted by Crippen LogP contribution is -2.72. The molecule has 1 aliphatic carbocycles. The van der Waals surface area contributed by atoms with E-state index in [0.29, 0.717) is 32.4 Å². The van der Waals surface area contributed by atoms with Crippen LogP contribution in [0.5, 0.6) is 0 Å². The first kappa shape index (κ1) is 24.0. The molecule has 0 radical (unpaired) electrons. The number of carbonyl (C=O) groups is 1.